The molecule has 0 radical (unpaired) electrons. The number of benzene rings is 1. The molecule has 0 spiro atoms. The minimum atomic E-state index is -4.47. The maximum atomic E-state index is 12.4. The van der Waals surface area contributed by atoms with Gasteiger partial charge in [0.25, 0.3) is 0 Å². The first-order valence-electron chi connectivity index (χ1n) is 9.37. The molecule has 0 unspecified atom stereocenters. The maximum Gasteiger partial charge on any atom is 0.422 e. The van der Waals surface area contributed by atoms with Crippen LogP contribution in [0.4, 0.5) is 13.2 Å². The number of nitrogens with one attached hydrogen (secondary N) is 1. The second kappa shape index (κ2) is 9.86. The Morgan fingerprint density at radius 3 is 2.74 bits per heavy atom. The summed E-state index contributed by atoms with van der Waals surface area (Å²) in [6.07, 6.45) is 0.371. The molecular formula is C21H21F3N4O2S. The smallest absolute Gasteiger partial charge is 0.422 e. The zero-order chi connectivity index (χ0) is 22.4. The zero-order valence-corrected chi connectivity index (χ0v) is 17.8. The monoisotopic (exact) mass is 450 g/mol. The Balaban J connectivity index is 1.58. The summed E-state index contributed by atoms with van der Waals surface area (Å²) in [4.78, 5) is 20.4. The van der Waals surface area contributed by atoms with Gasteiger partial charge in [-0.15, -0.1) is 0 Å². The van der Waals surface area contributed by atoms with Crippen LogP contribution in [0, 0.1) is 13.8 Å². The summed E-state index contributed by atoms with van der Waals surface area (Å²) in [5, 5.41) is 3.35. The van der Waals surface area contributed by atoms with Gasteiger partial charge in [-0.3, -0.25) is 9.36 Å². The van der Waals surface area contributed by atoms with E-state index in [1.54, 1.807) is 18.3 Å². The van der Waals surface area contributed by atoms with Crippen molar-refractivity contribution in [3.63, 3.8) is 0 Å². The molecule has 164 valence electrons. The standard InChI is InChI=1S/C21H21F3N4O2S/c1-14-5-3-7-17(15(14)2)28-10-9-26-20(28)31-12-18(29)27-11-16-6-4-8-25-19(16)30-13-21(22,23)24/h3-10H,11-13H2,1-2H3,(H,27,29). The van der Waals surface area contributed by atoms with E-state index >= 15 is 0 Å². The van der Waals surface area contributed by atoms with E-state index in [4.69, 9.17) is 4.74 Å². The number of carbonyl (C=O) groups excluding carboxylic acids is 1. The SMILES string of the molecule is Cc1cccc(-n2ccnc2SCC(=O)NCc2cccnc2OCC(F)(F)F)c1C. The molecule has 3 rings (SSSR count). The number of rotatable bonds is 8. The topological polar surface area (TPSA) is 69.0 Å². The summed E-state index contributed by atoms with van der Waals surface area (Å²) in [5.74, 6) is -0.342. The van der Waals surface area contributed by atoms with Crippen molar-refractivity contribution in [1.82, 2.24) is 19.9 Å². The lowest BCUT2D eigenvalue weighted by molar-refractivity contribution is -0.154. The predicted octanol–water partition coefficient (Wildman–Crippen LogP) is 4.23. The molecular weight excluding hydrogens is 429 g/mol. The van der Waals surface area contributed by atoms with E-state index in [9.17, 15) is 18.0 Å². The molecule has 31 heavy (non-hydrogen) atoms. The van der Waals surface area contributed by atoms with Crippen molar-refractivity contribution < 1.29 is 22.7 Å². The molecule has 0 saturated heterocycles. The Bertz CT molecular complexity index is 1050. The van der Waals surface area contributed by atoms with Crippen molar-refractivity contribution in [2.75, 3.05) is 12.4 Å². The van der Waals surface area contributed by atoms with Crippen LogP contribution in [0.5, 0.6) is 5.88 Å². The van der Waals surface area contributed by atoms with Crippen molar-refractivity contribution >= 4 is 17.7 Å². The molecule has 2 aromatic heterocycles. The second-order valence-electron chi connectivity index (χ2n) is 6.74. The number of aromatic nitrogens is 3. The molecule has 1 N–H and O–H groups in total. The fraction of sp³-hybridized carbons (Fsp3) is 0.286. The van der Waals surface area contributed by atoms with Crippen molar-refractivity contribution in [2.45, 2.75) is 31.7 Å². The van der Waals surface area contributed by atoms with Gasteiger partial charge in [0, 0.05) is 30.7 Å². The fourth-order valence-corrected chi connectivity index (χ4v) is 3.59. The highest BCUT2D eigenvalue weighted by atomic mass is 32.2. The number of amides is 1. The van der Waals surface area contributed by atoms with Crippen LogP contribution in [-0.2, 0) is 11.3 Å². The summed E-state index contributed by atoms with van der Waals surface area (Å²) in [6.45, 7) is 2.62. The minimum absolute atomic E-state index is 0.00581. The van der Waals surface area contributed by atoms with Crippen LogP contribution in [0.15, 0.2) is 54.1 Å². The van der Waals surface area contributed by atoms with E-state index in [0.717, 1.165) is 16.8 Å². The number of pyridine rings is 1. The van der Waals surface area contributed by atoms with E-state index in [1.807, 2.05) is 42.8 Å². The molecule has 10 heteroatoms. The first kappa shape index (κ1) is 22.7. The molecule has 0 atom stereocenters. The quantitative estimate of drug-likeness (QED) is 0.520. The van der Waals surface area contributed by atoms with Crippen LogP contribution in [0.2, 0.25) is 0 Å². The van der Waals surface area contributed by atoms with E-state index in [2.05, 4.69) is 15.3 Å². The van der Waals surface area contributed by atoms with Crippen LogP contribution in [0.1, 0.15) is 16.7 Å². The first-order chi connectivity index (χ1) is 14.7. The first-order valence-corrected chi connectivity index (χ1v) is 10.4. The maximum absolute atomic E-state index is 12.4. The summed E-state index contributed by atoms with van der Waals surface area (Å²) in [7, 11) is 0. The van der Waals surface area contributed by atoms with Gasteiger partial charge in [0.2, 0.25) is 11.8 Å². The Hall–Kier alpha value is -3.01. The van der Waals surface area contributed by atoms with E-state index < -0.39 is 12.8 Å². The molecule has 3 aromatic rings. The van der Waals surface area contributed by atoms with E-state index in [1.165, 1.54) is 18.0 Å². The summed E-state index contributed by atoms with van der Waals surface area (Å²) in [5.41, 5.74) is 3.62. The number of imidazole rings is 1. The van der Waals surface area contributed by atoms with Crippen molar-refractivity contribution in [1.29, 1.82) is 0 Å². The van der Waals surface area contributed by atoms with Crippen LogP contribution >= 0.6 is 11.8 Å². The molecule has 0 aliphatic carbocycles. The van der Waals surface area contributed by atoms with Gasteiger partial charge in [0.15, 0.2) is 11.8 Å². The summed E-state index contributed by atoms with van der Waals surface area (Å²) < 4.78 is 43.8. The van der Waals surface area contributed by atoms with Gasteiger partial charge < -0.3 is 10.1 Å². The predicted molar refractivity (Wildman–Crippen MR) is 111 cm³/mol. The third-order valence-electron chi connectivity index (χ3n) is 4.47. The lowest BCUT2D eigenvalue weighted by Crippen LogP contribution is -2.26. The minimum Gasteiger partial charge on any atom is -0.468 e. The van der Waals surface area contributed by atoms with Gasteiger partial charge in [0.1, 0.15) is 0 Å². The van der Waals surface area contributed by atoms with Crippen molar-refractivity contribution in [3.8, 4) is 11.6 Å². The number of carbonyl (C=O) groups is 1. The van der Waals surface area contributed by atoms with Gasteiger partial charge in [-0.05, 0) is 37.1 Å². The van der Waals surface area contributed by atoms with Crippen LogP contribution in [0.25, 0.3) is 5.69 Å². The second-order valence-corrected chi connectivity index (χ2v) is 7.68. The number of ether oxygens (including phenoxy) is 1. The number of alkyl halides is 3. The number of hydrogen-bond acceptors (Lipinski definition) is 5. The Morgan fingerprint density at radius 1 is 1.16 bits per heavy atom. The molecule has 6 nitrogen and oxygen atoms in total. The summed E-state index contributed by atoms with van der Waals surface area (Å²) >= 11 is 1.27. The number of halogens is 3. The van der Waals surface area contributed by atoms with Gasteiger partial charge in [0.05, 0.1) is 11.4 Å². The highest BCUT2D eigenvalue weighted by Crippen LogP contribution is 2.24. The van der Waals surface area contributed by atoms with Gasteiger partial charge in [-0.2, -0.15) is 13.2 Å². The number of aryl methyl sites for hydroxylation is 1. The molecule has 1 amide bonds. The van der Waals surface area contributed by atoms with Gasteiger partial charge >= 0.3 is 6.18 Å². The van der Waals surface area contributed by atoms with Crippen LogP contribution < -0.4 is 10.1 Å². The van der Waals surface area contributed by atoms with Crippen molar-refractivity contribution in [3.05, 3.63) is 65.6 Å². The number of nitrogens with zero attached hydrogens (tertiary/aromatic N) is 3. The van der Waals surface area contributed by atoms with Crippen LogP contribution in [-0.4, -0.2) is 39.0 Å². The van der Waals surface area contributed by atoms with E-state index in [0.29, 0.717) is 10.7 Å². The van der Waals surface area contributed by atoms with Gasteiger partial charge in [-0.25, -0.2) is 9.97 Å². The fourth-order valence-electron chi connectivity index (χ4n) is 2.79. The normalized spacial score (nSPS) is 11.4. The molecule has 1 aromatic carbocycles. The molecule has 0 fully saturated rings. The highest BCUT2D eigenvalue weighted by molar-refractivity contribution is 7.99. The van der Waals surface area contributed by atoms with E-state index in [-0.39, 0.29) is 24.1 Å². The van der Waals surface area contributed by atoms with Gasteiger partial charge in [-0.1, -0.05) is 30.0 Å². The zero-order valence-electron chi connectivity index (χ0n) is 16.9. The molecule has 0 saturated carbocycles. The van der Waals surface area contributed by atoms with Crippen molar-refractivity contribution in [2.24, 2.45) is 0 Å². The Kier molecular flexibility index (Phi) is 7.21. The molecule has 2 heterocycles. The number of thioether (sulfide) groups is 1. The average Bonchev–Trinajstić information content (AvgIpc) is 3.19. The summed E-state index contributed by atoms with van der Waals surface area (Å²) in [6, 6.07) is 9.10. The Labute approximate surface area is 181 Å². The molecule has 0 bridgehead atoms. The average molecular weight is 450 g/mol. The molecule has 0 aliphatic rings. The third-order valence-corrected chi connectivity index (χ3v) is 5.44. The number of hydrogen-bond donors (Lipinski definition) is 1. The molecule has 0 aliphatic heterocycles. The van der Waals surface area contributed by atoms with Crippen LogP contribution in [0.3, 0.4) is 0 Å². The Morgan fingerprint density at radius 2 is 1.97 bits per heavy atom. The third kappa shape index (κ3) is 6.24. The lowest BCUT2D eigenvalue weighted by atomic mass is 10.1. The largest absolute Gasteiger partial charge is 0.468 e. The lowest BCUT2D eigenvalue weighted by Gasteiger charge is -2.13. The highest BCUT2D eigenvalue weighted by Gasteiger charge is 2.29.